The number of ether oxygens (including phenoxy) is 4. The van der Waals surface area contributed by atoms with Gasteiger partial charge in [0, 0.05) is 0 Å². The molecule has 0 spiro atoms. The zero-order valence-corrected chi connectivity index (χ0v) is 22.0. The van der Waals surface area contributed by atoms with Crippen LogP contribution in [0.5, 0.6) is 23.0 Å². The number of rotatable bonds is 10. The van der Waals surface area contributed by atoms with Gasteiger partial charge in [0.2, 0.25) is 0 Å². The van der Waals surface area contributed by atoms with Crippen LogP contribution in [-0.4, -0.2) is 48.6 Å². The van der Waals surface area contributed by atoms with Crippen LogP contribution in [0.4, 0.5) is 0 Å². The zero-order chi connectivity index (χ0) is 25.7. The van der Waals surface area contributed by atoms with Crippen LogP contribution in [-0.2, 0) is 9.47 Å². The molecule has 2 rings (SSSR count). The molecule has 0 heterocycles. The van der Waals surface area contributed by atoms with E-state index in [1.807, 2.05) is 0 Å². The predicted molar refractivity (Wildman–Crippen MR) is 135 cm³/mol. The summed E-state index contributed by atoms with van der Waals surface area (Å²) < 4.78 is 21.6. The molecule has 0 aliphatic rings. The van der Waals surface area contributed by atoms with Gasteiger partial charge in [0.05, 0.1) is 33.3 Å². The summed E-state index contributed by atoms with van der Waals surface area (Å²) in [5.74, 6) is -0.639. The van der Waals surface area contributed by atoms with E-state index in [2.05, 4.69) is 45.0 Å². The number of phenols is 2. The molecule has 10 heteroatoms. The molecule has 0 radical (unpaired) electrons. The first-order valence-electron chi connectivity index (χ1n) is 10.1. The number of esters is 2. The second-order valence-electron chi connectivity index (χ2n) is 6.25. The van der Waals surface area contributed by atoms with Crippen LogP contribution in [0.15, 0.2) is 58.5 Å². The van der Waals surface area contributed by atoms with Crippen LogP contribution in [0.2, 0.25) is 0 Å². The van der Waals surface area contributed by atoms with Gasteiger partial charge < -0.3 is 29.2 Å². The minimum absolute atomic E-state index is 0.189. The van der Waals surface area contributed by atoms with Crippen molar-refractivity contribution in [2.45, 2.75) is 13.8 Å². The van der Waals surface area contributed by atoms with Crippen LogP contribution >= 0.6 is 31.9 Å². The van der Waals surface area contributed by atoms with Gasteiger partial charge in [0.1, 0.15) is 13.2 Å². The lowest BCUT2D eigenvalue weighted by Crippen LogP contribution is -2.07. The van der Waals surface area contributed by atoms with Crippen LogP contribution < -0.4 is 9.47 Å². The molecule has 34 heavy (non-hydrogen) atoms. The largest absolute Gasteiger partial charge is 0.504 e. The summed E-state index contributed by atoms with van der Waals surface area (Å²) in [5.41, 5.74) is 0.581. The topological polar surface area (TPSA) is 112 Å². The molecular formula is C24H26Br2O8. The summed E-state index contributed by atoms with van der Waals surface area (Å²) in [6.45, 7) is 11.8. The number of halogens is 2. The fraction of sp³-hybridized carbons (Fsp3) is 0.250. The van der Waals surface area contributed by atoms with Crippen molar-refractivity contribution >= 4 is 43.8 Å². The number of hydrogen-bond acceptors (Lipinski definition) is 8. The number of carbonyl (C=O) groups is 2. The number of hydrogen-bond donors (Lipinski definition) is 2. The van der Waals surface area contributed by atoms with Crippen molar-refractivity contribution in [3.8, 4) is 23.0 Å². The normalized spacial score (nSPS) is 9.76. The highest BCUT2D eigenvalue weighted by Crippen LogP contribution is 2.37. The fourth-order valence-corrected chi connectivity index (χ4v) is 3.36. The summed E-state index contributed by atoms with van der Waals surface area (Å²) in [5, 5.41) is 18.4. The Morgan fingerprint density at radius 3 is 1.85 bits per heavy atom. The van der Waals surface area contributed by atoms with Crippen molar-refractivity contribution < 1.29 is 38.7 Å². The van der Waals surface area contributed by atoms with Crippen molar-refractivity contribution in [3.63, 3.8) is 0 Å². The van der Waals surface area contributed by atoms with Crippen molar-refractivity contribution in [1.82, 2.24) is 0 Å². The van der Waals surface area contributed by atoms with Gasteiger partial charge in [-0.25, -0.2) is 9.59 Å². The molecule has 2 aromatic rings. The number of carbonyl (C=O) groups excluding carboxylic acids is 2. The Labute approximate surface area is 215 Å². The Balaban J connectivity index is 0.000000362. The second-order valence-corrected chi connectivity index (χ2v) is 7.96. The van der Waals surface area contributed by atoms with Gasteiger partial charge in [-0.3, -0.25) is 0 Å². The van der Waals surface area contributed by atoms with Gasteiger partial charge in [-0.1, -0.05) is 25.3 Å². The molecule has 8 nitrogen and oxygen atoms in total. The molecular weight excluding hydrogens is 576 g/mol. The molecule has 0 saturated carbocycles. The van der Waals surface area contributed by atoms with E-state index in [9.17, 15) is 19.8 Å². The summed E-state index contributed by atoms with van der Waals surface area (Å²) in [6.07, 6.45) is 3.24. The molecule has 0 bridgehead atoms. The fourth-order valence-electron chi connectivity index (χ4n) is 2.36. The van der Waals surface area contributed by atoms with Crippen LogP contribution in [0.1, 0.15) is 34.6 Å². The van der Waals surface area contributed by atoms with E-state index in [1.54, 1.807) is 38.1 Å². The van der Waals surface area contributed by atoms with E-state index in [0.717, 1.165) is 6.07 Å². The van der Waals surface area contributed by atoms with E-state index in [4.69, 9.17) is 18.9 Å². The minimum Gasteiger partial charge on any atom is -0.504 e. The van der Waals surface area contributed by atoms with Crippen molar-refractivity contribution in [2.24, 2.45) is 0 Å². The molecule has 0 fully saturated rings. The molecule has 0 aromatic heterocycles. The summed E-state index contributed by atoms with van der Waals surface area (Å²) in [6, 6.07) is 5.76. The lowest BCUT2D eigenvalue weighted by Gasteiger charge is -2.14. The van der Waals surface area contributed by atoms with Crippen LogP contribution in [0.25, 0.3) is 0 Å². The van der Waals surface area contributed by atoms with E-state index < -0.39 is 11.9 Å². The number of benzene rings is 2. The minimum atomic E-state index is -0.538. The molecule has 0 unspecified atom stereocenters. The Morgan fingerprint density at radius 2 is 1.35 bits per heavy atom. The smallest absolute Gasteiger partial charge is 0.338 e. The Hall–Kier alpha value is -2.98. The lowest BCUT2D eigenvalue weighted by atomic mass is 10.2. The summed E-state index contributed by atoms with van der Waals surface area (Å²) in [7, 11) is 0. The van der Waals surface area contributed by atoms with Crippen molar-refractivity contribution in [2.75, 3.05) is 26.4 Å². The summed E-state index contributed by atoms with van der Waals surface area (Å²) in [4.78, 5) is 23.0. The van der Waals surface area contributed by atoms with E-state index >= 15 is 0 Å². The predicted octanol–water partition coefficient (Wildman–Crippen LogP) is 5.79. The average molecular weight is 602 g/mol. The average Bonchev–Trinajstić information content (AvgIpc) is 2.80. The SMILES string of the molecule is C=CCOc1cc(C(=O)OCC)cc(Br)c1OCC=C.CCOC(=O)c1cc(O)c(O)c(Br)c1. The molecule has 0 saturated heterocycles. The van der Waals surface area contributed by atoms with Crippen LogP contribution in [0.3, 0.4) is 0 Å². The molecule has 0 aliphatic heterocycles. The Bertz CT molecular complexity index is 997. The quantitative estimate of drug-likeness (QED) is 0.200. The van der Waals surface area contributed by atoms with Gasteiger partial charge in [0.15, 0.2) is 23.0 Å². The van der Waals surface area contributed by atoms with Gasteiger partial charge in [-0.2, -0.15) is 0 Å². The van der Waals surface area contributed by atoms with E-state index in [1.165, 1.54) is 6.07 Å². The molecule has 184 valence electrons. The van der Waals surface area contributed by atoms with Gasteiger partial charge in [-0.15, -0.1) is 0 Å². The molecule has 0 amide bonds. The molecule has 2 N–H and O–H groups in total. The molecule has 2 aromatic carbocycles. The van der Waals surface area contributed by atoms with Gasteiger partial charge >= 0.3 is 11.9 Å². The van der Waals surface area contributed by atoms with E-state index in [0.29, 0.717) is 41.4 Å². The van der Waals surface area contributed by atoms with E-state index in [-0.39, 0.29) is 28.1 Å². The third kappa shape index (κ3) is 8.75. The highest BCUT2D eigenvalue weighted by molar-refractivity contribution is 9.11. The standard InChI is InChI=1S/C15H17BrO4.C9H9BrO4/c1-4-7-19-13-10-11(15(17)18-6-3)9-12(16)14(13)20-8-5-2;1-2-14-9(13)5-3-6(10)8(12)7(11)4-5/h4-5,9-10H,1-2,6-8H2,3H3;3-4,11-12H,2H2,1H3. The third-order valence-corrected chi connectivity index (χ3v) is 4.97. The maximum atomic E-state index is 11.8. The molecule has 0 atom stereocenters. The van der Waals surface area contributed by atoms with Crippen LogP contribution in [0, 0.1) is 0 Å². The Kier molecular flexibility index (Phi) is 12.8. The maximum absolute atomic E-state index is 11.8. The number of phenolic OH excluding ortho intramolecular Hbond substituents is 2. The lowest BCUT2D eigenvalue weighted by molar-refractivity contribution is 0.0516. The first kappa shape index (κ1) is 29.1. The highest BCUT2D eigenvalue weighted by atomic mass is 79.9. The van der Waals surface area contributed by atoms with Gasteiger partial charge in [-0.05, 0) is 70.0 Å². The maximum Gasteiger partial charge on any atom is 0.338 e. The summed E-state index contributed by atoms with van der Waals surface area (Å²) >= 11 is 6.37. The zero-order valence-electron chi connectivity index (χ0n) is 18.8. The number of aromatic hydroxyl groups is 2. The van der Waals surface area contributed by atoms with Crippen molar-refractivity contribution in [3.05, 3.63) is 69.6 Å². The second kappa shape index (κ2) is 15.0. The molecule has 0 aliphatic carbocycles. The first-order valence-corrected chi connectivity index (χ1v) is 11.6. The third-order valence-electron chi connectivity index (χ3n) is 3.78. The highest BCUT2D eigenvalue weighted by Gasteiger charge is 2.16. The Morgan fingerprint density at radius 1 is 0.853 bits per heavy atom. The van der Waals surface area contributed by atoms with Gasteiger partial charge in [0.25, 0.3) is 0 Å². The monoisotopic (exact) mass is 600 g/mol. The first-order chi connectivity index (χ1) is 16.2. The van der Waals surface area contributed by atoms with Crippen molar-refractivity contribution in [1.29, 1.82) is 0 Å².